The van der Waals surface area contributed by atoms with Gasteiger partial charge in [0.1, 0.15) is 11.6 Å². The Morgan fingerprint density at radius 2 is 2.27 bits per heavy atom. The van der Waals surface area contributed by atoms with E-state index in [0.717, 1.165) is 25.5 Å². The number of rotatable bonds is 5. The first-order valence-electron chi connectivity index (χ1n) is 7.69. The quantitative estimate of drug-likeness (QED) is 0.872. The molecule has 1 amide bonds. The highest BCUT2D eigenvalue weighted by Gasteiger charge is 2.29. The summed E-state index contributed by atoms with van der Waals surface area (Å²) < 4.78 is 26.9. The fourth-order valence-corrected chi connectivity index (χ4v) is 2.95. The Balaban J connectivity index is 2.03. The minimum Gasteiger partial charge on any atom is -0.355 e. The second-order valence-corrected chi connectivity index (χ2v) is 5.76. The van der Waals surface area contributed by atoms with Gasteiger partial charge in [-0.25, -0.2) is 8.78 Å². The molecule has 1 aromatic rings. The zero-order valence-electron chi connectivity index (χ0n) is 12.8. The van der Waals surface area contributed by atoms with E-state index in [1.807, 2.05) is 6.92 Å². The highest BCUT2D eigenvalue weighted by atomic mass is 19.1. The standard InChI is InChI=1S/C16H23F2N3O/c1-11(14-5-4-13(17)9-15(14)18)21-8-2-3-12(10-21)16(22)20-7-6-19/h4-5,9,11-12H,2-3,6-8,10,19H2,1H3,(H,20,22). The Hall–Kier alpha value is -1.53. The molecule has 2 rings (SSSR count). The lowest BCUT2D eigenvalue weighted by atomic mass is 9.94. The van der Waals surface area contributed by atoms with Crippen molar-refractivity contribution in [2.24, 2.45) is 11.7 Å². The lowest BCUT2D eigenvalue weighted by Gasteiger charge is -2.36. The SMILES string of the molecule is CC(c1ccc(F)cc1F)N1CCCC(C(=O)NCCN)C1. The number of halogens is 2. The summed E-state index contributed by atoms with van der Waals surface area (Å²) in [6, 6.07) is 3.46. The zero-order chi connectivity index (χ0) is 16.1. The van der Waals surface area contributed by atoms with Crippen molar-refractivity contribution in [1.82, 2.24) is 10.2 Å². The molecule has 6 heteroatoms. The number of hydrogen-bond donors (Lipinski definition) is 2. The maximum absolute atomic E-state index is 13.9. The zero-order valence-corrected chi connectivity index (χ0v) is 12.8. The second-order valence-electron chi connectivity index (χ2n) is 5.76. The fraction of sp³-hybridized carbons (Fsp3) is 0.562. The molecule has 1 aliphatic rings. The first kappa shape index (κ1) is 16.8. The number of carbonyl (C=O) groups is 1. The highest BCUT2D eigenvalue weighted by molar-refractivity contribution is 5.78. The number of hydrogen-bond acceptors (Lipinski definition) is 3. The summed E-state index contributed by atoms with van der Waals surface area (Å²) in [7, 11) is 0. The molecule has 0 radical (unpaired) electrons. The largest absolute Gasteiger partial charge is 0.355 e. The van der Waals surface area contributed by atoms with Gasteiger partial charge < -0.3 is 11.1 Å². The van der Waals surface area contributed by atoms with E-state index in [2.05, 4.69) is 10.2 Å². The number of benzene rings is 1. The van der Waals surface area contributed by atoms with Crippen LogP contribution < -0.4 is 11.1 Å². The number of amides is 1. The minimum absolute atomic E-state index is 0.00179. The number of nitrogens with two attached hydrogens (primary N) is 1. The van der Waals surface area contributed by atoms with E-state index in [-0.39, 0.29) is 17.9 Å². The van der Waals surface area contributed by atoms with Gasteiger partial charge in [-0.3, -0.25) is 9.69 Å². The molecule has 0 bridgehead atoms. The number of carbonyl (C=O) groups excluding carboxylic acids is 1. The molecule has 1 saturated heterocycles. The summed E-state index contributed by atoms with van der Waals surface area (Å²) in [6.07, 6.45) is 1.71. The van der Waals surface area contributed by atoms with Crippen molar-refractivity contribution >= 4 is 5.91 Å². The normalized spacial score (nSPS) is 20.6. The maximum atomic E-state index is 13.9. The van der Waals surface area contributed by atoms with Crippen molar-refractivity contribution in [3.8, 4) is 0 Å². The van der Waals surface area contributed by atoms with Crippen LogP contribution in [0.1, 0.15) is 31.4 Å². The van der Waals surface area contributed by atoms with Gasteiger partial charge in [0.25, 0.3) is 0 Å². The number of nitrogens with one attached hydrogen (secondary N) is 1. The number of likely N-dealkylation sites (tertiary alicyclic amines) is 1. The Kier molecular flexibility index (Phi) is 5.85. The van der Waals surface area contributed by atoms with Crippen LogP contribution >= 0.6 is 0 Å². The monoisotopic (exact) mass is 311 g/mol. The molecule has 1 aliphatic heterocycles. The van der Waals surface area contributed by atoms with Crippen LogP contribution in [0.4, 0.5) is 8.78 Å². The molecular weight excluding hydrogens is 288 g/mol. The summed E-state index contributed by atoms with van der Waals surface area (Å²) in [6.45, 7) is 4.15. The van der Waals surface area contributed by atoms with Gasteiger partial charge in [0.2, 0.25) is 5.91 Å². The molecule has 0 saturated carbocycles. The first-order valence-corrected chi connectivity index (χ1v) is 7.69. The van der Waals surface area contributed by atoms with Crippen LogP contribution in [0.2, 0.25) is 0 Å². The van der Waals surface area contributed by atoms with Gasteiger partial charge in [-0.15, -0.1) is 0 Å². The van der Waals surface area contributed by atoms with Gasteiger partial charge in [-0.2, -0.15) is 0 Å². The third kappa shape index (κ3) is 4.01. The molecule has 1 heterocycles. The summed E-state index contributed by atoms with van der Waals surface area (Å²) in [5, 5.41) is 2.81. The van der Waals surface area contributed by atoms with E-state index in [0.29, 0.717) is 25.2 Å². The second kappa shape index (κ2) is 7.65. The summed E-state index contributed by atoms with van der Waals surface area (Å²) in [5.74, 6) is -1.22. The Morgan fingerprint density at radius 1 is 1.50 bits per heavy atom. The van der Waals surface area contributed by atoms with E-state index in [4.69, 9.17) is 5.73 Å². The number of piperidine rings is 1. The molecule has 1 fully saturated rings. The Labute approximate surface area is 129 Å². The molecule has 2 atom stereocenters. The Morgan fingerprint density at radius 3 is 2.95 bits per heavy atom. The molecule has 4 nitrogen and oxygen atoms in total. The van der Waals surface area contributed by atoms with Crippen molar-refractivity contribution in [2.75, 3.05) is 26.2 Å². The van der Waals surface area contributed by atoms with Crippen molar-refractivity contribution < 1.29 is 13.6 Å². The van der Waals surface area contributed by atoms with E-state index >= 15 is 0 Å². The van der Waals surface area contributed by atoms with Crippen LogP contribution in [-0.2, 0) is 4.79 Å². The van der Waals surface area contributed by atoms with Gasteiger partial charge >= 0.3 is 0 Å². The molecule has 0 aromatic heterocycles. The summed E-state index contributed by atoms with van der Waals surface area (Å²) in [5.41, 5.74) is 5.85. The van der Waals surface area contributed by atoms with E-state index in [1.54, 1.807) is 0 Å². The van der Waals surface area contributed by atoms with Crippen LogP contribution in [0, 0.1) is 17.6 Å². The van der Waals surface area contributed by atoms with Crippen LogP contribution in [0.5, 0.6) is 0 Å². The van der Waals surface area contributed by atoms with Crippen molar-refractivity contribution in [2.45, 2.75) is 25.8 Å². The molecule has 2 unspecified atom stereocenters. The predicted molar refractivity (Wildman–Crippen MR) is 81.1 cm³/mol. The van der Waals surface area contributed by atoms with Crippen molar-refractivity contribution in [3.05, 3.63) is 35.4 Å². The maximum Gasteiger partial charge on any atom is 0.224 e. The van der Waals surface area contributed by atoms with Crippen LogP contribution in [0.15, 0.2) is 18.2 Å². The van der Waals surface area contributed by atoms with Crippen molar-refractivity contribution in [3.63, 3.8) is 0 Å². The lowest BCUT2D eigenvalue weighted by Crippen LogP contribution is -2.44. The average Bonchev–Trinajstić information content (AvgIpc) is 2.52. The van der Waals surface area contributed by atoms with Crippen LogP contribution in [-0.4, -0.2) is 37.0 Å². The summed E-state index contributed by atoms with van der Waals surface area (Å²) >= 11 is 0. The molecular formula is C16H23F2N3O. The smallest absolute Gasteiger partial charge is 0.224 e. The minimum atomic E-state index is -0.578. The third-order valence-corrected chi connectivity index (χ3v) is 4.23. The average molecular weight is 311 g/mol. The van der Waals surface area contributed by atoms with Gasteiger partial charge in [-0.1, -0.05) is 6.07 Å². The van der Waals surface area contributed by atoms with Crippen LogP contribution in [0.3, 0.4) is 0 Å². The van der Waals surface area contributed by atoms with Gasteiger partial charge in [-0.05, 0) is 32.4 Å². The number of nitrogens with zero attached hydrogens (tertiary/aromatic N) is 1. The topological polar surface area (TPSA) is 58.4 Å². The molecule has 0 spiro atoms. The fourth-order valence-electron chi connectivity index (χ4n) is 2.95. The van der Waals surface area contributed by atoms with Gasteiger partial charge in [0, 0.05) is 37.3 Å². The van der Waals surface area contributed by atoms with E-state index in [1.165, 1.54) is 12.1 Å². The van der Waals surface area contributed by atoms with Crippen molar-refractivity contribution in [1.29, 1.82) is 0 Å². The molecule has 3 N–H and O–H groups in total. The predicted octanol–water partition coefficient (Wildman–Crippen LogP) is 1.81. The first-order chi connectivity index (χ1) is 10.5. The highest BCUT2D eigenvalue weighted by Crippen LogP contribution is 2.28. The molecule has 122 valence electrons. The van der Waals surface area contributed by atoms with E-state index < -0.39 is 11.6 Å². The van der Waals surface area contributed by atoms with E-state index in [9.17, 15) is 13.6 Å². The molecule has 1 aromatic carbocycles. The molecule has 0 aliphatic carbocycles. The van der Waals surface area contributed by atoms with Gasteiger partial charge in [0.15, 0.2) is 0 Å². The Bertz CT molecular complexity index is 524. The van der Waals surface area contributed by atoms with Gasteiger partial charge in [0.05, 0.1) is 5.92 Å². The van der Waals surface area contributed by atoms with Crippen LogP contribution in [0.25, 0.3) is 0 Å². The molecule has 22 heavy (non-hydrogen) atoms. The third-order valence-electron chi connectivity index (χ3n) is 4.23. The summed E-state index contributed by atoms with van der Waals surface area (Å²) in [4.78, 5) is 14.1. The lowest BCUT2D eigenvalue weighted by molar-refractivity contribution is -0.126.